The first-order valence-electron chi connectivity index (χ1n) is 7.69. The molecular weight excluding hydrogens is 346 g/mol. The molecule has 2 atom stereocenters. The summed E-state index contributed by atoms with van der Waals surface area (Å²) < 4.78 is 58.9. The van der Waals surface area contributed by atoms with Crippen LogP contribution in [0.5, 0.6) is 5.75 Å². The lowest BCUT2D eigenvalue weighted by Gasteiger charge is -2.38. The van der Waals surface area contributed by atoms with Gasteiger partial charge in [-0.05, 0) is 23.3 Å². The first kappa shape index (κ1) is 17.9. The molecule has 2 aliphatic rings. The monoisotopic (exact) mass is 363 g/mol. The summed E-state index contributed by atoms with van der Waals surface area (Å²) in [6.07, 6.45) is -4.67. The Kier molecular flexibility index (Phi) is 4.85. The van der Waals surface area contributed by atoms with Crippen LogP contribution in [-0.2, 0) is 17.9 Å². The lowest BCUT2D eigenvalue weighted by Crippen LogP contribution is -2.63. The van der Waals surface area contributed by atoms with E-state index in [1.165, 1.54) is 17.0 Å². The van der Waals surface area contributed by atoms with Gasteiger partial charge in [0, 0.05) is 25.7 Å². The van der Waals surface area contributed by atoms with E-state index in [2.05, 4.69) is 5.43 Å². The predicted molar refractivity (Wildman–Crippen MR) is 77.7 cm³/mol. The molecule has 0 aliphatic carbocycles. The fraction of sp³-hybridized carbons (Fsp3) is 0.533. The number of hydrazine groups is 1. The zero-order valence-electron chi connectivity index (χ0n) is 13.1. The maximum absolute atomic E-state index is 14.0. The van der Waals surface area contributed by atoms with Crippen molar-refractivity contribution in [3.8, 4) is 5.75 Å². The second-order valence-electron chi connectivity index (χ2n) is 5.99. The number of rotatable bonds is 4. The van der Waals surface area contributed by atoms with E-state index in [0.717, 1.165) is 0 Å². The van der Waals surface area contributed by atoms with E-state index in [0.29, 0.717) is 11.1 Å². The Balaban J connectivity index is 1.81. The summed E-state index contributed by atoms with van der Waals surface area (Å²) in [6, 6.07) is 1.56. The van der Waals surface area contributed by atoms with Crippen molar-refractivity contribution < 1.29 is 32.2 Å². The van der Waals surface area contributed by atoms with Crippen molar-refractivity contribution in [2.75, 3.05) is 19.8 Å². The van der Waals surface area contributed by atoms with Gasteiger partial charge in [0.05, 0.1) is 6.61 Å². The van der Waals surface area contributed by atoms with Gasteiger partial charge in [0.25, 0.3) is 0 Å². The number of amides is 1. The maximum Gasteiger partial charge on any atom is 0.402 e. The van der Waals surface area contributed by atoms with Crippen LogP contribution in [-0.4, -0.2) is 47.9 Å². The Morgan fingerprint density at radius 1 is 1.28 bits per heavy atom. The van der Waals surface area contributed by atoms with Gasteiger partial charge in [0.15, 0.2) is 17.5 Å². The highest BCUT2D eigenvalue weighted by Crippen LogP contribution is 2.37. The average molecular weight is 363 g/mol. The molecule has 2 unspecified atom stereocenters. The molecule has 10 heteroatoms. The molecule has 0 spiro atoms. The van der Waals surface area contributed by atoms with E-state index in [1.54, 1.807) is 0 Å². The number of alkyl halides is 3. The number of nitrogens with one attached hydrogen (secondary N) is 2. The van der Waals surface area contributed by atoms with Crippen LogP contribution in [0, 0.1) is 11.7 Å². The van der Waals surface area contributed by atoms with Gasteiger partial charge in [-0.1, -0.05) is 0 Å². The number of aliphatic hydroxyl groups is 1. The highest BCUT2D eigenvalue weighted by atomic mass is 19.4. The molecule has 1 aromatic rings. The predicted octanol–water partition coefficient (Wildman–Crippen LogP) is 0.694. The molecule has 138 valence electrons. The largest absolute Gasteiger partial charge is 0.488 e. The summed E-state index contributed by atoms with van der Waals surface area (Å²) >= 11 is 0. The van der Waals surface area contributed by atoms with Crippen molar-refractivity contribution >= 4 is 5.91 Å². The van der Waals surface area contributed by atoms with Crippen molar-refractivity contribution in [3.05, 3.63) is 29.1 Å². The minimum Gasteiger partial charge on any atom is -0.488 e. The van der Waals surface area contributed by atoms with Crippen molar-refractivity contribution in [1.29, 1.82) is 0 Å². The van der Waals surface area contributed by atoms with Crippen molar-refractivity contribution in [2.45, 2.75) is 25.3 Å². The second kappa shape index (κ2) is 6.77. The number of fused-ring (bicyclic) bond motifs is 1. The molecule has 1 fully saturated rings. The highest BCUT2D eigenvalue weighted by molar-refractivity contribution is 5.80. The average Bonchev–Trinajstić information content (AvgIpc) is 2.93. The van der Waals surface area contributed by atoms with Gasteiger partial charge in [0.2, 0.25) is 5.91 Å². The van der Waals surface area contributed by atoms with Crippen LogP contribution >= 0.6 is 0 Å². The molecule has 0 aromatic heterocycles. The Morgan fingerprint density at radius 3 is 2.60 bits per heavy atom. The Bertz CT molecular complexity index is 668. The zero-order valence-corrected chi connectivity index (χ0v) is 13.1. The number of carbonyl (C=O) groups excluding carboxylic acids is 1. The third kappa shape index (κ3) is 3.55. The smallest absolute Gasteiger partial charge is 0.402 e. The van der Waals surface area contributed by atoms with Gasteiger partial charge < -0.3 is 9.84 Å². The molecule has 0 saturated carbocycles. The van der Waals surface area contributed by atoms with Crippen LogP contribution < -0.4 is 15.6 Å². The number of hydrogen-bond acceptors (Lipinski definition) is 5. The molecule has 1 saturated heterocycles. The van der Waals surface area contributed by atoms with Crippen LogP contribution in [0.15, 0.2) is 12.1 Å². The van der Waals surface area contributed by atoms with Crippen LogP contribution in [0.3, 0.4) is 0 Å². The number of benzene rings is 1. The normalized spacial score (nSPS) is 24.1. The van der Waals surface area contributed by atoms with Crippen molar-refractivity contribution in [2.24, 2.45) is 5.92 Å². The van der Waals surface area contributed by atoms with Crippen LogP contribution in [0.2, 0.25) is 0 Å². The molecule has 1 amide bonds. The van der Waals surface area contributed by atoms with Gasteiger partial charge in [-0.3, -0.25) is 15.1 Å². The van der Waals surface area contributed by atoms with E-state index in [1.807, 2.05) is 5.43 Å². The number of halogens is 4. The van der Waals surface area contributed by atoms with E-state index in [9.17, 15) is 22.4 Å². The lowest BCUT2D eigenvalue weighted by molar-refractivity contribution is -0.201. The third-order valence-electron chi connectivity index (χ3n) is 4.36. The van der Waals surface area contributed by atoms with Crippen LogP contribution in [0.25, 0.3) is 0 Å². The molecule has 6 nitrogen and oxygen atoms in total. The van der Waals surface area contributed by atoms with Gasteiger partial charge in [-0.15, -0.1) is 0 Å². The molecule has 2 heterocycles. The minimum atomic E-state index is -4.67. The molecule has 0 bridgehead atoms. The maximum atomic E-state index is 14.0. The van der Waals surface area contributed by atoms with Crippen molar-refractivity contribution in [3.63, 3.8) is 0 Å². The fourth-order valence-electron chi connectivity index (χ4n) is 3.25. The lowest BCUT2D eigenvalue weighted by atomic mass is 9.95. The fourth-order valence-corrected chi connectivity index (χ4v) is 3.25. The summed E-state index contributed by atoms with van der Waals surface area (Å²) in [7, 11) is 0. The summed E-state index contributed by atoms with van der Waals surface area (Å²) in [6.45, 7) is -0.169. The Labute approximate surface area is 140 Å². The number of aliphatic hydroxyl groups excluding tert-OH is 1. The van der Waals surface area contributed by atoms with Gasteiger partial charge in [-0.25, -0.2) is 9.82 Å². The Hall–Kier alpha value is -1.91. The van der Waals surface area contributed by atoms with Gasteiger partial charge in [-0.2, -0.15) is 13.2 Å². The molecule has 1 aromatic carbocycles. The van der Waals surface area contributed by atoms with E-state index in [-0.39, 0.29) is 38.6 Å². The summed E-state index contributed by atoms with van der Waals surface area (Å²) in [5.41, 5.74) is 5.68. The van der Waals surface area contributed by atoms with E-state index in [4.69, 9.17) is 9.84 Å². The van der Waals surface area contributed by atoms with Crippen molar-refractivity contribution in [1.82, 2.24) is 15.8 Å². The van der Waals surface area contributed by atoms with Crippen LogP contribution in [0.1, 0.15) is 11.1 Å². The first-order valence-corrected chi connectivity index (χ1v) is 7.69. The van der Waals surface area contributed by atoms with Crippen LogP contribution in [0.4, 0.5) is 17.6 Å². The van der Waals surface area contributed by atoms with Gasteiger partial charge >= 0.3 is 6.18 Å². The topological polar surface area (TPSA) is 73.8 Å². The molecule has 3 rings (SSSR count). The molecule has 25 heavy (non-hydrogen) atoms. The third-order valence-corrected chi connectivity index (χ3v) is 4.36. The summed E-state index contributed by atoms with van der Waals surface area (Å²) in [4.78, 5) is 13.2. The highest BCUT2D eigenvalue weighted by Gasteiger charge is 2.53. The number of ether oxygens (including phenoxy) is 1. The zero-order chi connectivity index (χ0) is 18.2. The van der Waals surface area contributed by atoms with E-state index < -0.39 is 29.9 Å². The number of hydrogen-bond donors (Lipinski definition) is 3. The molecule has 2 aliphatic heterocycles. The minimum absolute atomic E-state index is 0.0541. The molecule has 3 N–H and O–H groups in total. The number of carbonyl (C=O) groups is 1. The first-order chi connectivity index (χ1) is 11.8. The van der Waals surface area contributed by atoms with Gasteiger partial charge in [0.1, 0.15) is 6.61 Å². The standard InChI is InChI=1S/C15H17F4N3O3/c16-10-3-8-6-22(7-9(8)4-12(10)25-2-1-23)11-5-20-21-14(24)13(11)15(17,18)19/h3-4,11,13,20,23H,1-2,5-7H2,(H,21,24). The second-order valence-corrected chi connectivity index (χ2v) is 5.99. The molecular formula is C15H17F4N3O3. The number of nitrogens with zero attached hydrogens (tertiary/aromatic N) is 1. The summed E-state index contributed by atoms with van der Waals surface area (Å²) in [5.74, 6) is -3.97. The molecule has 0 radical (unpaired) electrons. The quantitative estimate of drug-likeness (QED) is 0.687. The SMILES string of the molecule is O=C1NNCC(N2Cc3cc(F)c(OCCO)cc3C2)C1C(F)(F)F. The summed E-state index contributed by atoms with van der Waals surface area (Å²) in [5, 5.41) is 8.75. The Morgan fingerprint density at radius 2 is 1.96 bits per heavy atom. The van der Waals surface area contributed by atoms with E-state index >= 15 is 0 Å².